The van der Waals surface area contributed by atoms with E-state index in [0.29, 0.717) is 12.0 Å². The van der Waals surface area contributed by atoms with Gasteiger partial charge in [0.15, 0.2) is 0 Å². The predicted octanol–water partition coefficient (Wildman–Crippen LogP) is 0.149. The van der Waals surface area contributed by atoms with Gasteiger partial charge in [0.05, 0.1) is 0 Å². The largest absolute Gasteiger partial charge is 0.326 e. The maximum atomic E-state index is 6.12. The van der Waals surface area contributed by atoms with Gasteiger partial charge in [-0.15, -0.1) is 0 Å². The van der Waals surface area contributed by atoms with Crippen LogP contribution in [0.2, 0.25) is 0 Å². The summed E-state index contributed by atoms with van der Waals surface area (Å²) in [6.07, 6.45) is 0. The number of nitrogens with two attached hydrogens (primary N) is 1. The van der Waals surface area contributed by atoms with Crippen molar-refractivity contribution in [2.24, 2.45) is 11.7 Å². The van der Waals surface area contributed by atoms with Gasteiger partial charge in [-0.3, -0.25) is 9.80 Å². The third-order valence-corrected chi connectivity index (χ3v) is 3.65. The van der Waals surface area contributed by atoms with Crippen molar-refractivity contribution in [3.63, 3.8) is 0 Å². The third-order valence-electron chi connectivity index (χ3n) is 3.65. The Morgan fingerprint density at radius 3 is 2.06 bits per heavy atom. The second kappa shape index (κ2) is 7.31. The van der Waals surface area contributed by atoms with Gasteiger partial charge in [0, 0.05) is 51.9 Å². The molecule has 1 aliphatic heterocycles. The van der Waals surface area contributed by atoms with Gasteiger partial charge in [0.2, 0.25) is 0 Å². The Morgan fingerprint density at radius 2 is 1.59 bits per heavy atom. The van der Waals surface area contributed by atoms with Gasteiger partial charge in [0.1, 0.15) is 0 Å². The van der Waals surface area contributed by atoms with E-state index < -0.39 is 0 Å². The van der Waals surface area contributed by atoms with Crippen LogP contribution in [0.3, 0.4) is 0 Å². The lowest BCUT2D eigenvalue weighted by Crippen LogP contribution is -2.51. The summed E-state index contributed by atoms with van der Waals surface area (Å²) in [6.45, 7) is 12.6. The summed E-state index contributed by atoms with van der Waals surface area (Å²) in [5.74, 6) is 0.585. The summed E-state index contributed by atoms with van der Waals surface area (Å²) >= 11 is 0. The van der Waals surface area contributed by atoms with Gasteiger partial charge < -0.3 is 10.6 Å². The summed E-state index contributed by atoms with van der Waals surface area (Å²) in [4.78, 5) is 7.31. The molecule has 0 spiro atoms. The molecule has 4 nitrogen and oxygen atoms in total. The molecule has 4 heteroatoms. The number of hydrogen-bond acceptors (Lipinski definition) is 4. The van der Waals surface area contributed by atoms with Crippen LogP contribution in [-0.2, 0) is 0 Å². The van der Waals surface area contributed by atoms with Gasteiger partial charge in [-0.1, -0.05) is 13.8 Å². The van der Waals surface area contributed by atoms with Crippen LogP contribution in [0.1, 0.15) is 13.8 Å². The SMILES string of the molecule is CC(C)C(N)CN1CCN(CCN(C)C)CC1. The van der Waals surface area contributed by atoms with Crippen LogP contribution in [0, 0.1) is 5.92 Å². The normalized spacial score (nSPS) is 21.4. The lowest BCUT2D eigenvalue weighted by molar-refractivity contribution is 0.116. The van der Waals surface area contributed by atoms with E-state index in [0.717, 1.165) is 13.1 Å². The molecule has 0 aromatic carbocycles. The summed E-state index contributed by atoms with van der Waals surface area (Å²) in [7, 11) is 4.27. The minimum Gasteiger partial charge on any atom is -0.326 e. The smallest absolute Gasteiger partial charge is 0.0191 e. The molecule has 1 heterocycles. The van der Waals surface area contributed by atoms with Crippen LogP contribution in [-0.4, -0.2) is 80.7 Å². The van der Waals surface area contributed by atoms with Crippen LogP contribution in [0.4, 0.5) is 0 Å². The second-order valence-electron chi connectivity index (χ2n) is 5.85. The fourth-order valence-corrected chi connectivity index (χ4v) is 2.05. The molecule has 1 saturated heterocycles. The fraction of sp³-hybridized carbons (Fsp3) is 1.00. The first-order valence-electron chi connectivity index (χ1n) is 6.84. The number of piperazine rings is 1. The first-order chi connectivity index (χ1) is 7.99. The van der Waals surface area contributed by atoms with Crippen molar-refractivity contribution in [1.29, 1.82) is 0 Å². The maximum absolute atomic E-state index is 6.12. The minimum absolute atomic E-state index is 0.323. The highest BCUT2D eigenvalue weighted by Crippen LogP contribution is 2.05. The molecule has 1 atom stereocenters. The van der Waals surface area contributed by atoms with Crippen molar-refractivity contribution >= 4 is 0 Å². The topological polar surface area (TPSA) is 35.7 Å². The highest BCUT2D eigenvalue weighted by Gasteiger charge is 2.19. The molecule has 2 N–H and O–H groups in total. The Labute approximate surface area is 107 Å². The van der Waals surface area contributed by atoms with Gasteiger partial charge in [-0.25, -0.2) is 0 Å². The Balaban J connectivity index is 2.17. The van der Waals surface area contributed by atoms with E-state index in [9.17, 15) is 0 Å². The highest BCUT2D eigenvalue weighted by molar-refractivity contribution is 4.77. The first kappa shape index (κ1) is 14.9. The molecule has 0 bridgehead atoms. The quantitative estimate of drug-likeness (QED) is 0.719. The molecule has 0 amide bonds. The molecule has 0 aromatic rings. The van der Waals surface area contributed by atoms with E-state index >= 15 is 0 Å². The summed E-state index contributed by atoms with van der Waals surface area (Å²) in [5, 5.41) is 0. The standard InChI is InChI=1S/C13H30N4/c1-12(2)13(14)11-17-9-7-16(8-10-17)6-5-15(3)4/h12-13H,5-11,14H2,1-4H3. The van der Waals surface area contributed by atoms with Crippen molar-refractivity contribution < 1.29 is 0 Å². The lowest BCUT2D eigenvalue weighted by Gasteiger charge is -2.36. The molecular formula is C13H30N4. The summed E-state index contributed by atoms with van der Waals surface area (Å²) in [5.41, 5.74) is 6.12. The monoisotopic (exact) mass is 242 g/mol. The average Bonchev–Trinajstić information content (AvgIpc) is 2.28. The van der Waals surface area contributed by atoms with Crippen molar-refractivity contribution in [3.8, 4) is 0 Å². The summed E-state index contributed by atoms with van der Waals surface area (Å²) in [6, 6.07) is 0.323. The second-order valence-corrected chi connectivity index (χ2v) is 5.85. The predicted molar refractivity (Wildman–Crippen MR) is 74.2 cm³/mol. The van der Waals surface area contributed by atoms with Gasteiger partial charge in [-0.2, -0.15) is 0 Å². The van der Waals surface area contributed by atoms with E-state index in [1.54, 1.807) is 0 Å². The zero-order valence-corrected chi connectivity index (χ0v) is 12.0. The van der Waals surface area contributed by atoms with Crippen molar-refractivity contribution in [1.82, 2.24) is 14.7 Å². The van der Waals surface area contributed by atoms with Crippen molar-refractivity contribution in [2.75, 3.05) is 59.9 Å². The molecule has 0 aliphatic carbocycles. The molecule has 0 aromatic heterocycles. The lowest BCUT2D eigenvalue weighted by atomic mass is 10.0. The van der Waals surface area contributed by atoms with E-state index in [1.165, 1.54) is 32.7 Å². The van der Waals surface area contributed by atoms with Gasteiger partial charge in [-0.05, 0) is 20.0 Å². The Kier molecular flexibility index (Phi) is 6.41. The minimum atomic E-state index is 0.323. The third kappa shape index (κ3) is 5.82. The van der Waals surface area contributed by atoms with Crippen molar-refractivity contribution in [3.05, 3.63) is 0 Å². The molecule has 0 saturated carbocycles. The van der Waals surface area contributed by atoms with Crippen LogP contribution in [0.15, 0.2) is 0 Å². The Morgan fingerprint density at radius 1 is 1.06 bits per heavy atom. The molecule has 1 aliphatic rings. The molecular weight excluding hydrogens is 212 g/mol. The Hall–Kier alpha value is -0.160. The van der Waals surface area contributed by atoms with E-state index in [1.807, 2.05) is 0 Å². The first-order valence-corrected chi connectivity index (χ1v) is 6.84. The van der Waals surface area contributed by atoms with Crippen LogP contribution < -0.4 is 5.73 Å². The average molecular weight is 242 g/mol. The van der Waals surface area contributed by atoms with Crippen LogP contribution >= 0.6 is 0 Å². The molecule has 102 valence electrons. The van der Waals surface area contributed by atoms with Gasteiger partial charge in [0.25, 0.3) is 0 Å². The number of hydrogen-bond donors (Lipinski definition) is 1. The molecule has 1 rings (SSSR count). The van der Waals surface area contributed by atoms with Crippen LogP contribution in [0.25, 0.3) is 0 Å². The molecule has 17 heavy (non-hydrogen) atoms. The summed E-state index contributed by atoms with van der Waals surface area (Å²) < 4.78 is 0. The van der Waals surface area contributed by atoms with Gasteiger partial charge >= 0.3 is 0 Å². The molecule has 0 radical (unpaired) electrons. The van der Waals surface area contributed by atoms with E-state index in [-0.39, 0.29) is 0 Å². The highest BCUT2D eigenvalue weighted by atomic mass is 15.3. The molecule has 1 fully saturated rings. The van der Waals surface area contributed by atoms with E-state index in [4.69, 9.17) is 5.73 Å². The zero-order valence-electron chi connectivity index (χ0n) is 12.0. The fourth-order valence-electron chi connectivity index (χ4n) is 2.05. The Bertz CT molecular complexity index is 198. The van der Waals surface area contributed by atoms with Crippen LogP contribution in [0.5, 0.6) is 0 Å². The number of likely N-dealkylation sites (N-methyl/N-ethyl adjacent to an activating group) is 1. The van der Waals surface area contributed by atoms with E-state index in [2.05, 4.69) is 42.6 Å². The zero-order chi connectivity index (χ0) is 12.8. The number of nitrogens with zero attached hydrogens (tertiary/aromatic N) is 3. The molecule has 1 unspecified atom stereocenters. The maximum Gasteiger partial charge on any atom is 0.0191 e. The van der Waals surface area contributed by atoms with Crippen molar-refractivity contribution in [2.45, 2.75) is 19.9 Å². The number of rotatable bonds is 6.